The summed E-state index contributed by atoms with van der Waals surface area (Å²) < 4.78 is 0. The van der Waals surface area contributed by atoms with Gasteiger partial charge in [0.15, 0.2) is 0 Å². The van der Waals surface area contributed by atoms with Crippen LogP contribution in [0.3, 0.4) is 0 Å². The Morgan fingerprint density at radius 2 is 1.90 bits per heavy atom. The summed E-state index contributed by atoms with van der Waals surface area (Å²) in [5.74, 6) is 0. The Morgan fingerprint density at radius 3 is 2.00 bits per heavy atom. The van der Waals surface area contributed by atoms with Crippen LogP contribution in [0.15, 0.2) is 11.4 Å². The second-order valence-electron chi connectivity index (χ2n) is 3.56. The van der Waals surface area contributed by atoms with E-state index >= 15 is 0 Å². The molecule has 2 heteroatoms. The first kappa shape index (κ1) is 9.76. The van der Waals surface area contributed by atoms with Crippen molar-refractivity contribution in [1.82, 2.24) is 5.32 Å². The van der Waals surface area contributed by atoms with Gasteiger partial charge in [-0.05, 0) is 12.6 Å². The molecule has 1 nitrogen and oxygen atoms in total. The molecule has 60 valence electrons. The van der Waals surface area contributed by atoms with Crippen molar-refractivity contribution in [2.24, 2.45) is 0 Å². The second kappa shape index (κ2) is 3.81. The lowest BCUT2D eigenvalue weighted by atomic mass is 10.5. The molecule has 0 rings (SSSR count). The third-order valence-corrected chi connectivity index (χ3v) is 4.09. The first-order valence-electron chi connectivity index (χ1n) is 3.89. The molecule has 0 unspecified atom stereocenters. The molecule has 0 saturated carbocycles. The third kappa shape index (κ3) is 3.06. The summed E-state index contributed by atoms with van der Waals surface area (Å²) in [5, 5.41) is 4.70. The zero-order valence-electron chi connectivity index (χ0n) is 7.78. The maximum Gasteiger partial charge on any atom is 0.0743 e. The zero-order valence-corrected chi connectivity index (χ0v) is 8.78. The summed E-state index contributed by atoms with van der Waals surface area (Å²) in [5.41, 5.74) is 0. The number of allylic oxidation sites excluding steroid dienone is 1. The highest BCUT2D eigenvalue weighted by Crippen LogP contribution is 2.16. The van der Waals surface area contributed by atoms with Gasteiger partial charge in [-0.3, -0.25) is 0 Å². The maximum absolute atomic E-state index is 3.10. The van der Waals surface area contributed by atoms with Crippen LogP contribution in [0.25, 0.3) is 0 Å². The largest absolute Gasteiger partial charge is 0.394 e. The fraction of sp³-hybridized carbons (Fsp3) is 0.750. The van der Waals surface area contributed by atoms with Gasteiger partial charge >= 0.3 is 0 Å². The molecule has 0 fully saturated rings. The predicted octanol–water partition coefficient (Wildman–Crippen LogP) is 2.38. The molecule has 0 saturated heterocycles. The first-order valence-corrected chi connectivity index (χ1v) is 7.39. The van der Waals surface area contributed by atoms with Crippen LogP contribution in [0.5, 0.6) is 0 Å². The Kier molecular flexibility index (Phi) is 3.72. The summed E-state index contributed by atoms with van der Waals surface area (Å²) in [6.45, 7) is 9.35. The van der Waals surface area contributed by atoms with Gasteiger partial charge in [0, 0.05) is 7.05 Å². The molecule has 0 aromatic rings. The SMILES string of the molecule is CC/C(=C\NC)[Si](C)(C)C. The average molecular weight is 157 g/mol. The summed E-state index contributed by atoms with van der Waals surface area (Å²) in [6.07, 6.45) is 3.35. The number of nitrogens with one attached hydrogen (secondary N) is 1. The normalized spacial score (nSPS) is 13.5. The molecule has 0 aromatic heterocycles. The molecule has 0 aliphatic heterocycles. The fourth-order valence-electron chi connectivity index (χ4n) is 1.02. The molecule has 0 aliphatic rings. The van der Waals surface area contributed by atoms with Gasteiger partial charge in [-0.25, -0.2) is 0 Å². The van der Waals surface area contributed by atoms with Crippen LogP contribution in [0.1, 0.15) is 13.3 Å². The van der Waals surface area contributed by atoms with E-state index in [-0.39, 0.29) is 0 Å². The second-order valence-corrected chi connectivity index (χ2v) is 8.70. The van der Waals surface area contributed by atoms with Crippen molar-refractivity contribution in [3.63, 3.8) is 0 Å². The van der Waals surface area contributed by atoms with Crippen molar-refractivity contribution in [3.8, 4) is 0 Å². The van der Waals surface area contributed by atoms with Gasteiger partial charge in [-0.1, -0.05) is 31.8 Å². The highest BCUT2D eigenvalue weighted by molar-refractivity contribution is 6.83. The van der Waals surface area contributed by atoms with E-state index in [0.29, 0.717) is 0 Å². The van der Waals surface area contributed by atoms with E-state index in [1.807, 2.05) is 7.05 Å². The molecule has 0 spiro atoms. The van der Waals surface area contributed by atoms with Gasteiger partial charge in [-0.2, -0.15) is 0 Å². The standard InChI is InChI=1S/C8H19NSi/c1-6-8(7-9-2)10(3,4)5/h7,9H,6H2,1-5H3/b8-7+. The van der Waals surface area contributed by atoms with E-state index < -0.39 is 8.07 Å². The number of hydrogen-bond donors (Lipinski definition) is 1. The Labute approximate surface area is 65.5 Å². The lowest BCUT2D eigenvalue weighted by Crippen LogP contribution is -2.24. The van der Waals surface area contributed by atoms with Gasteiger partial charge in [0.05, 0.1) is 8.07 Å². The van der Waals surface area contributed by atoms with Crippen LogP contribution < -0.4 is 5.32 Å². The molecule has 0 amide bonds. The highest BCUT2D eigenvalue weighted by atomic mass is 28.3. The Morgan fingerprint density at radius 1 is 1.40 bits per heavy atom. The fourth-order valence-corrected chi connectivity index (χ4v) is 2.66. The van der Waals surface area contributed by atoms with Gasteiger partial charge in [-0.15, -0.1) is 0 Å². The number of hydrogen-bond acceptors (Lipinski definition) is 1. The van der Waals surface area contributed by atoms with E-state index in [9.17, 15) is 0 Å². The van der Waals surface area contributed by atoms with E-state index in [0.717, 1.165) is 0 Å². The van der Waals surface area contributed by atoms with E-state index in [1.54, 1.807) is 5.20 Å². The third-order valence-electron chi connectivity index (χ3n) is 1.66. The molecular weight excluding hydrogens is 138 g/mol. The lowest BCUT2D eigenvalue weighted by molar-refractivity contribution is 1.05. The number of rotatable bonds is 3. The average Bonchev–Trinajstić information content (AvgIpc) is 1.80. The minimum atomic E-state index is -1.01. The summed E-state index contributed by atoms with van der Waals surface area (Å²) in [6, 6.07) is 0. The Hall–Kier alpha value is -0.243. The Bertz CT molecular complexity index is 122. The zero-order chi connectivity index (χ0) is 8.20. The van der Waals surface area contributed by atoms with Crippen molar-refractivity contribution in [2.75, 3.05) is 7.05 Å². The quantitative estimate of drug-likeness (QED) is 0.620. The Balaban J connectivity index is 4.21. The molecule has 0 aromatic carbocycles. The van der Waals surface area contributed by atoms with Crippen LogP contribution in [-0.2, 0) is 0 Å². The van der Waals surface area contributed by atoms with E-state index in [1.165, 1.54) is 6.42 Å². The summed E-state index contributed by atoms with van der Waals surface area (Å²) >= 11 is 0. The van der Waals surface area contributed by atoms with Gasteiger partial charge < -0.3 is 5.32 Å². The molecule has 0 heterocycles. The van der Waals surface area contributed by atoms with Crippen molar-refractivity contribution in [3.05, 3.63) is 11.4 Å². The van der Waals surface area contributed by atoms with Gasteiger partial charge in [0.2, 0.25) is 0 Å². The molecule has 0 radical (unpaired) electrons. The molecule has 1 N–H and O–H groups in total. The van der Waals surface area contributed by atoms with Crippen LogP contribution in [0.4, 0.5) is 0 Å². The van der Waals surface area contributed by atoms with Crippen LogP contribution in [0.2, 0.25) is 19.6 Å². The summed E-state index contributed by atoms with van der Waals surface area (Å²) in [7, 11) is 0.959. The van der Waals surface area contributed by atoms with Crippen LogP contribution >= 0.6 is 0 Å². The van der Waals surface area contributed by atoms with Crippen LogP contribution in [-0.4, -0.2) is 15.1 Å². The van der Waals surface area contributed by atoms with E-state index in [2.05, 4.69) is 38.1 Å². The van der Waals surface area contributed by atoms with E-state index in [4.69, 9.17) is 0 Å². The monoisotopic (exact) mass is 157 g/mol. The van der Waals surface area contributed by atoms with Crippen molar-refractivity contribution < 1.29 is 0 Å². The van der Waals surface area contributed by atoms with Crippen molar-refractivity contribution in [2.45, 2.75) is 33.0 Å². The van der Waals surface area contributed by atoms with Crippen LogP contribution in [0, 0.1) is 0 Å². The minimum absolute atomic E-state index is 1.01. The molecular formula is C8H19NSi. The highest BCUT2D eigenvalue weighted by Gasteiger charge is 2.16. The molecule has 0 aliphatic carbocycles. The lowest BCUT2D eigenvalue weighted by Gasteiger charge is -2.19. The molecule has 0 atom stereocenters. The van der Waals surface area contributed by atoms with Crippen molar-refractivity contribution >= 4 is 8.07 Å². The predicted molar refractivity (Wildman–Crippen MR) is 50.8 cm³/mol. The minimum Gasteiger partial charge on any atom is -0.394 e. The smallest absolute Gasteiger partial charge is 0.0743 e. The van der Waals surface area contributed by atoms with Gasteiger partial charge in [0.1, 0.15) is 0 Å². The summed E-state index contributed by atoms with van der Waals surface area (Å²) in [4.78, 5) is 0. The van der Waals surface area contributed by atoms with Crippen molar-refractivity contribution in [1.29, 1.82) is 0 Å². The first-order chi connectivity index (χ1) is 4.52. The maximum atomic E-state index is 3.10. The molecule has 10 heavy (non-hydrogen) atoms. The topological polar surface area (TPSA) is 12.0 Å². The molecule has 0 bridgehead atoms. The van der Waals surface area contributed by atoms with Gasteiger partial charge in [0.25, 0.3) is 0 Å².